The van der Waals surface area contributed by atoms with Crippen LogP contribution in [0.15, 0.2) is 53.1 Å². The second-order valence-electron chi connectivity index (χ2n) is 5.63. The van der Waals surface area contributed by atoms with Crippen molar-refractivity contribution in [2.45, 2.75) is 6.92 Å². The minimum absolute atomic E-state index is 0.0566. The fourth-order valence-electron chi connectivity index (χ4n) is 2.65. The Morgan fingerprint density at radius 1 is 1.08 bits per heavy atom. The molecule has 0 amide bonds. The Balaban J connectivity index is 2.00. The molecule has 0 aliphatic rings. The Bertz CT molecular complexity index is 1140. The largest absolute Gasteiger partial charge is 0.352 e. The highest BCUT2D eigenvalue weighted by atomic mass is 35.5. The van der Waals surface area contributed by atoms with Crippen LogP contribution in [0.3, 0.4) is 0 Å². The highest BCUT2D eigenvalue weighted by Crippen LogP contribution is 2.34. The van der Waals surface area contributed by atoms with E-state index in [1.165, 1.54) is 12.1 Å². The minimum atomic E-state index is -0.534. The van der Waals surface area contributed by atoms with Gasteiger partial charge >= 0.3 is 0 Å². The van der Waals surface area contributed by atoms with Gasteiger partial charge in [0.15, 0.2) is 5.82 Å². The number of aromatic nitrogens is 3. The van der Waals surface area contributed by atoms with Crippen LogP contribution in [0.2, 0.25) is 5.02 Å². The topological polar surface area (TPSA) is 95.0 Å². The normalized spacial score (nSPS) is 11.0. The zero-order chi connectivity index (χ0) is 18.3. The molecule has 0 atom stereocenters. The highest BCUT2D eigenvalue weighted by Gasteiger charge is 2.20. The maximum Gasteiger partial charge on any atom is 0.288 e. The molecule has 2 aromatic heterocycles. The number of halogens is 1. The smallest absolute Gasteiger partial charge is 0.288 e. The van der Waals surface area contributed by atoms with Gasteiger partial charge in [0.05, 0.1) is 4.92 Å². The quantitative estimate of drug-likeness (QED) is 0.381. The van der Waals surface area contributed by atoms with E-state index in [-0.39, 0.29) is 10.7 Å². The van der Waals surface area contributed by atoms with Crippen molar-refractivity contribution in [3.63, 3.8) is 0 Å². The molecule has 0 bridgehead atoms. The van der Waals surface area contributed by atoms with Crippen LogP contribution in [0.25, 0.3) is 33.7 Å². The van der Waals surface area contributed by atoms with E-state index in [1.807, 2.05) is 30.3 Å². The molecular formula is C18H11ClN4O3. The third kappa shape index (κ3) is 2.68. The van der Waals surface area contributed by atoms with Gasteiger partial charge in [-0.1, -0.05) is 53.2 Å². The van der Waals surface area contributed by atoms with Crippen LogP contribution in [0.1, 0.15) is 5.69 Å². The number of nitrogens with zero attached hydrogens (tertiary/aromatic N) is 4. The van der Waals surface area contributed by atoms with Gasteiger partial charge in [-0.3, -0.25) is 10.1 Å². The SMILES string of the molecule is Cc1noc2c(-c3ccc(Cl)c([N+](=O)[O-])c3)nc(-c3ccccc3)nc12. The van der Waals surface area contributed by atoms with E-state index in [0.29, 0.717) is 33.9 Å². The number of aryl methyl sites for hydroxylation is 1. The van der Waals surface area contributed by atoms with Crippen molar-refractivity contribution in [1.29, 1.82) is 0 Å². The van der Waals surface area contributed by atoms with E-state index in [4.69, 9.17) is 16.1 Å². The van der Waals surface area contributed by atoms with Gasteiger partial charge in [0, 0.05) is 17.2 Å². The lowest BCUT2D eigenvalue weighted by molar-refractivity contribution is -0.384. The van der Waals surface area contributed by atoms with Crippen LogP contribution in [0.4, 0.5) is 5.69 Å². The van der Waals surface area contributed by atoms with Gasteiger partial charge in [-0.25, -0.2) is 9.97 Å². The summed E-state index contributed by atoms with van der Waals surface area (Å²) in [5, 5.41) is 15.2. The number of hydrogen-bond donors (Lipinski definition) is 0. The summed E-state index contributed by atoms with van der Waals surface area (Å²) in [4.78, 5) is 19.8. The third-order valence-electron chi connectivity index (χ3n) is 3.93. The summed E-state index contributed by atoms with van der Waals surface area (Å²) >= 11 is 5.92. The molecule has 8 heteroatoms. The van der Waals surface area contributed by atoms with Crippen molar-refractivity contribution in [1.82, 2.24) is 15.1 Å². The summed E-state index contributed by atoms with van der Waals surface area (Å²) in [6.45, 7) is 1.78. The fraction of sp³-hybridized carbons (Fsp3) is 0.0556. The number of hydrogen-bond acceptors (Lipinski definition) is 6. The van der Waals surface area contributed by atoms with Gasteiger partial charge in [-0.2, -0.15) is 0 Å². The molecule has 0 spiro atoms. The van der Waals surface area contributed by atoms with Crippen molar-refractivity contribution < 1.29 is 9.45 Å². The molecule has 0 aliphatic heterocycles. The molecule has 2 aromatic carbocycles. The lowest BCUT2D eigenvalue weighted by Crippen LogP contribution is -1.95. The molecule has 0 saturated heterocycles. The van der Waals surface area contributed by atoms with Crippen LogP contribution in [0, 0.1) is 17.0 Å². The van der Waals surface area contributed by atoms with Gasteiger partial charge < -0.3 is 4.52 Å². The van der Waals surface area contributed by atoms with Crippen molar-refractivity contribution in [2.24, 2.45) is 0 Å². The van der Waals surface area contributed by atoms with Crippen molar-refractivity contribution in [2.75, 3.05) is 0 Å². The predicted octanol–water partition coefficient (Wildman–Crippen LogP) is 4.82. The van der Waals surface area contributed by atoms with Crippen LogP contribution in [-0.2, 0) is 0 Å². The zero-order valence-electron chi connectivity index (χ0n) is 13.5. The van der Waals surface area contributed by atoms with E-state index < -0.39 is 4.92 Å². The van der Waals surface area contributed by atoms with Gasteiger partial charge in [-0.05, 0) is 13.0 Å². The highest BCUT2D eigenvalue weighted by molar-refractivity contribution is 6.32. The van der Waals surface area contributed by atoms with Gasteiger partial charge in [0.2, 0.25) is 5.58 Å². The molecule has 2 heterocycles. The number of nitro groups is 1. The van der Waals surface area contributed by atoms with Crippen molar-refractivity contribution in [3.8, 4) is 22.6 Å². The summed E-state index contributed by atoms with van der Waals surface area (Å²) in [7, 11) is 0. The van der Waals surface area contributed by atoms with E-state index in [9.17, 15) is 10.1 Å². The summed E-state index contributed by atoms with van der Waals surface area (Å²) in [6, 6.07) is 13.9. The molecule has 4 aromatic rings. The number of nitro benzene ring substituents is 1. The minimum Gasteiger partial charge on any atom is -0.352 e. The number of rotatable bonds is 3. The van der Waals surface area contributed by atoms with E-state index in [0.717, 1.165) is 5.56 Å². The fourth-order valence-corrected chi connectivity index (χ4v) is 2.84. The van der Waals surface area contributed by atoms with E-state index >= 15 is 0 Å². The van der Waals surface area contributed by atoms with Gasteiger partial charge in [0.1, 0.15) is 21.9 Å². The molecule has 0 N–H and O–H groups in total. The molecule has 0 saturated carbocycles. The Morgan fingerprint density at radius 2 is 1.85 bits per heavy atom. The van der Waals surface area contributed by atoms with Crippen molar-refractivity contribution >= 4 is 28.4 Å². The second-order valence-corrected chi connectivity index (χ2v) is 6.04. The Labute approximate surface area is 152 Å². The van der Waals surface area contributed by atoms with Crippen LogP contribution < -0.4 is 0 Å². The van der Waals surface area contributed by atoms with Crippen LogP contribution in [0.5, 0.6) is 0 Å². The molecule has 0 aliphatic carbocycles. The lowest BCUT2D eigenvalue weighted by Gasteiger charge is -2.06. The molecule has 26 heavy (non-hydrogen) atoms. The summed E-state index contributed by atoms with van der Waals surface area (Å²) in [5.74, 6) is 0.483. The molecule has 4 rings (SSSR count). The average Bonchev–Trinajstić information content (AvgIpc) is 3.03. The Morgan fingerprint density at radius 3 is 2.58 bits per heavy atom. The first-order valence-corrected chi connectivity index (χ1v) is 8.06. The lowest BCUT2D eigenvalue weighted by atomic mass is 10.1. The monoisotopic (exact) mass is 366 g/mol. The zero-order valence-corrected chi connectivity index (χ0v) is 14.3. The number of benzene rings is 2. The molecule has 0 radical (unpaired) electrons. The Kier molecular flexibility index (Phi) is 3.85. The van der Waals surface area contributed by atoms with E-state index in [1.54, 1.807) is 13.0 Å². The first-order valence-electron chi connectivity index (χ1n) is 7.68. The van der Waals surface area contributed by atoms with Crippen LogP contribution >= 0.6 is 11.6 Å². The molecule has 0 fully saturated rings. The second kappa shape index (κ2) is 6.20. The standard InChI is InChI=1S/C18H11ClN4O3/c1-10-15-17(26-22-10)16(12-7-8-13(19)14(9-12)23(24)25)21-18(20-15)11-5-3-2-4-6-11/h2-9H,1H3. The maximum absolute atomic E-state index is 11.2. The first kappa shape index (κ1) is 16.2. The number of fused-ring (bicyclic) bond motifs is 1. The third-order valence-corrected chi connectivity index (χ3v) is 4.25. The molecular weight excluding hydrogens is 356 g/mol. The molecule has 7 nitrogen and oxygen atoms in total. The van der Waals surface area contributed by atoms with Gasteiger partial charge in [0.25, 0.3) is 5.69 Å². The van der Waals surface area contributed by atoms with Crippen LogP contribution in [-0.4, -0.2) is 20.0 Å². The summed E-state index contributed by atoms with van der Waals surface area (Å²) < 4.78 is 5.38. The predicted molar refractivity (Wildman–Crippen MR) is 96.9 cm³/mol. The summed E-state index contributed by atoms with van der Waals surface area (Å²) in [6.07, 6.45) is 0. The van der Waals surface area contributed by atoms with Gasteiger partial charge in [-0.15, -0.1) is 0 Å². The summed E-state index contributed by atoms with van der Waals surface area (Å²) in [5.41, 5.74) is 3.10. The molecule has 128 valence electrons. The molecule has 0 unspecified atom stereocenters. The Hall–Kier alpha value is -3.32. The average molecular weight is 367 g/mol. The first-order chi connectivity index (χ1) is 12.5. The van der Waals surface area contributed by atoms with Crippen molar-refractivity contribution in [3.05, 3.63) is 69.4 Å². The maximum atomic E-state index is 11.2. The van der Waals surface area contributed by atoms with E-state index in [2.05, 4.69) is 15.1 Å².